The van der Waals surface area contributed by atoms with E-state index in [1.54, 1.807) is 30.6 Å². The quantitative estimate of drug-likeness (QED) is 0.818. The molecule has 0 spiro atoms. The van der Waals surface area contributed by atoms with Crippen LogP contribution in [-0.2, 0) is 5.75 Å². The molecule has 2 rings (SSSR count). The van der Waals surface area contributed by atoms with Crippen molar-refractivity contribution in [1.29, 1.82) is 0 Å². The van der Waals surface area contributed by atoms with Crippen LogP contribution >= 0.6 is 39.3 Å². The molecule has 1 aromatic heterocycles. The van der Waals surface area contributed by atoms with Crippen LogP contribution < -0.4 is 0 Å². The number of carboxylic acids is 1. The van der Waals surface area contributed by atoms with Crippen molar-refractivity contribution in [3.8, 4) is 0 Å². The third-order valence-corrected chi connectivity index (χ3v) is 4.35. The summed E-state index contributed by atoms with van der Waals surface area (Å²) in [5.41, 5.74) is 1.22. The Hall–Kier alpha value is -1.04. The lowest BCUT2D eigenvalue weighted by atomic mass is 10.2. The van der Waals surface area contributed by atoms with Crippen LogP contribution in [0.15, 0.2) is 46.0 Å². The van der Waals surface area contributed by atoms with E-state index in [1.165, 1.54) is 11.8 Å². The maximum absolute atomic E-state index is 11.1. The number of nitrogens with zero attached hydrogens (tertiary/aromatic N) is 1. The number of aromatic carboxylic acids is 1. The first-order valence-electron chi connectivity index (χ1n) is 5.32. The molecule has 1 aromatic carbocycles. The molecule has 0 aliphatic carbocycles. The summed E-state index contributed by atoms with van der Waals surface area (Å²) in [5, 5.41) is 9.73. The molecule has 3 nitrogen and oxygen atoms in total. The summed E-state index contributed by atoms with van der Waals surface area (Å²) in [7, 11) is 0. The Labute approximate surface area is 128 Å². The molecule has 1 heterocycles. The molecule has 98 valence electrons. The minimum atomic E-state index is -0.934. The monoisotopic (exact) mass is 357 g/mol. The minimum Gasteiger partial charge on any atom is -0.478 e. The predicted octanol–water partition coefficient (Wildman–Crippen LogP) is 4.49. The smallest absolute Gasteiger partial charge is 0.336 e. The Morgan fingerprint density at radius 3 is 2.89 bits per heavy atom. The largest absolute Gasteiger partial charge is 0.478 e. The standard InChI is InChI=1S/C13H9BrClNO2S/c14-9-1-2-10(13(17)18)12(5-9)19-7-8-3-4-16-6-11(8)15/h1-6H,7H2,(H,17,18). The lowest BCUT2D eigenvalue weighted by Crippen LogP contribution is -1.98. The number of benzene rings is 1. The molecule has 19 heavy (non-hydrogen) atoms. The third-order valence-electron chi connectivity index (χ3n) is 2.41. The zero-order valence-electron chi connectivity index (χ0n) is 9.64. The molecule has 0 fully saturated rings. The van der Waals surface area contributed by atoms with E-state index in [0.717, 1.165) is 10.0 Å². The van der Waals surface area contributed by atoms with E-state index in [2.05, 4.69) is 20.9 Å². The van der Waals surface area contributed by atoms with Gasteiger partial charge in [-0.25, -0.2) is 4.79 Å². The number of pyridine rings is 1. The summed E-state index contributed by atoms with van der Waals surface area (Å²) < 4.78 is 0.848. The van der Waals surface area contributed by atoms with Crippen molar-refractivity contribution < 1.29 is 9.90 Å². The number of aromatic nitrogens is 1. The van der Waals surface area contributed by atoms with Crippen molar-refractivity contribution in [2.24, 2.45) is 0 Å². The fraction of sp³-hybridized carbons (Fsp3) is 0.0769. The zero-order valence-corrected chi connectivity index (χ0v) is 12.8. The first-order valence-corrected chi connectivity index (χ1v) is 7.47. The summed E-state index contributed by atoms with van der Waals surface area (Å²) in [6.45, 7) is 0. The number of thioether (sulfide) groups is 1. The second-order valence-corrected chi connectivity index (χ2v) is 6.04. The van der Waals surface area contributed by atoms with E-state index < -0.39 is 5.97 Å². The van der Waals surface area contributed by atoms with Crippen LogP contribution in [0.3, 0.4) is 0 Å². The molecule has 1 N–H and O–H groups in total. The van der Waals surface area contributed by atoms with E-state index in [0.29, 0.717) is 21.2 Å². The van der Waals surface area contributed by atoms with Gasteiger partial charge in [0.05, 0.1) is 10.6 Å². The average molecular weight is 359 g/mol. The van der Waals surface area contributed by atoms with Crippen LogP contribution in [0, 0.1) is 0 Å². The topological polar surface area (TPSA) is 50.2 Å². The van der Waals surface area contributed by atoms with Gasteiger partial charge >= 0.3 is 5.97 Å². The lowest BCUT2D eigenvalue weighted by molar-refractivity contribution is 0.0693. The van der Waals surface area contributed by atoms with Crippen LogP contribution in [0.25, 0.3) is 0 Å². The summed E-state index contributed by atoms with van der Waals surface area (Å²) >= 11 is 10.8. The molecule has 0 radical (unpaired) electrons. The van der Waals surface area contributed by atoms with Crippen LogP contribution in [0.2, 0.25) is 5.02 Å². The Kier molecular flexibility index (Phi) is 4.85. The molecule has 0 aliphatic heterocycles. The molecule has 0 aliphatic rings. The van der Waals surface area contributed by atoms with Crippen molar-refractivity contribution in [3.63, 3.8) is 0 Å². The maximum Gasteiger partial charge on any atom is 0.336 e. The number of hydrogen-bond donors (Lipinski definition) is 1. The van der Waals surface area contributed by atoms with Crippen molar-refractivity contribution in [2.75, 3.05) is 0 Å². The highest BCUT2D eigenvalue weighted by Crippen LogP contribution is 2.30. The Balaban J connectivity index is 2.22. The number of halogens is 2. The number of carbonyl (C=O) groups is 1. The predicted molar refractivity (Wildman–Crippen MR) is 79.9 cm³/mol. The minimum absolute atomic E-state index is 0.290. The molecule has 2 aromatic rings. The average Bonchev–Trinajstić information content (AvgIpc) is 2.37. The van der Waals surface area contributed by atoms with Gasteiger partial charge in [0.2, 0.25) is 0 Å². The second-order valence-electron chi connectivity index (χ2n) is 3.70. The van der Waals surface area contributed by atoms with Crippen LogP contribution in [-0.4, -0.2) is 16.1 Å². The summed E-state index contributed by atoms with van der Waals surface area (Å²) in [6, 6.07) is 6.92. The number of hydrogen-bond acceptors (Lipinski definition) is 3. The van der Waals surface area contributed by atoms with Crippen molar-refractivity contribution >= 4 is 45.3 Å². The fourth-order valence-electron chi connectivity index (χ4n) is 1.47. The molecule has 0 atom stereocenters. The van der Waals surface area contributed by atoms with E-state index in [1.807, 2.05) is 6.07 Å². The van der Waals surface area contributed by atoms with Crippen LogP contribution in [0.4, 0.5) is 0 Å². The van der Waals surface area contributed by atoms with E-state index in [9.17, 15) is 4.79 Å². The van der Waals surface area contributed by atoms with Gasteiger partial charge in [-0.05, 0) is 29.8 Å². The summed E-state index contributed by atoms with van der Waals surface area (Å²) in [5.74, 6) is -0.339. The van der Waals surface area contributed by atoms with Gasteiger partial charge in [0.15, 0.2) is 0 Å². The SMILES string of the molecule is O=C(O)c1ccc(Br)cc1SCc1ccncc1Cl. The van der Waals surface area contributed by atoms with Gasteiger partial charge in [-0.2, -0.15) is 0 Å². The lowest BCUT2D eigenvalue weighted by Gasteiger charge is -2.07. The van der Waals surface area contributed by atoms with E-state index in [-0.39, 0.29) is 0 Å². The highest BCUT2D eigenvalue weighted by atomic mass is 79.9. The van der Waals surface area contributed by atoms with Gasteiger partial charge in [0.25, 0.3) is 0 Å². The summed E-state index contributed by atoms with van der Waals surface area (Å²) in [4.78, 5) is 15.8. The van der Waals surface area contributed by atoms with Gasteiger partial charge < -0.3 is 5.11 Å². The Morgan fingerprint density at radius 1 is 1.42 bits per heavy atom. The second kappa shape index (κ2) is 6.41. The highest BCUT2D eigenvalue weighted by Gasteiger charge is 2.11. The first-order chi connectivity index (χ1) is 9.08. The molecule has 0 bridgehead atoms. The molecule has 6 heteroatoms. The summed E-state index contributed by atoms with van der Waals surface area (Å²) in [6.07, 6.45) is 3.25. The molecule has 0 saturated carbocycles. The Bertz CT molecular complexity index is 621. The van der Waals surface area contributed by atoms with E-state index >= 15 is 0 Å². The van der Waals surface area contributed by atoms with Crippen molar-refractivity contribution in [1.82, 2.24) is 4.98 Å². The Morgan fingerprint density at radius 2 is 2.21 bits per heavy atom. The normalized spacial score (nSPS) is 10.4. The van der Waals surface area contributed by atoms with Gasteiger partial charge in [0.1, 0.15) is 0 Å². The first kappa shape index (κ1) is 14.4. The number of carboxylic acid groups (broad SMARTS) is 1. The van der Waals surface area contributed by atoms with Crippen molar-refractivity contribution in [3.05, 3.63) is 57.3 Å². The fourth-order valence-corrected chi connectivity index (χ4v) is 3.33. The van der Waals surface area contributed by atoms with Gasteiger partial charge in [-0.1, -0.05) is 27.5 Å². The van der Waals surface area contributed by atoms with E-state index in [4.69, 9.17) is 16.7 Å². The van der Waals surface area contributed by atoms with Gasteiger partial charge in [-0.3, -0.25) is 4.98 Å². The molecular weight excluding hydrogens is 350 g/mol. The maximum atomic E-state index is 11.1. The molecule has 0 amide bonds. The van der Waals surface area contributed by atoms with Gasteiger partial charge in [-0.15, -0.1) is 11.8 Å². The highest BCUT2D eigenvalue weighted by molar-refractivity contribution is 9.10. The molecular formula is C13H9BrClNO2S. The van der Waals surface area contributed by atoms with Crippen LogP contribution in [0.5, 0.6) is 0 Å². The third kappa shape index (κ3) is 3.72. The molecule has 0 unspecified atom stereocenters. The van der Waals surface area contributed by atoms with Crippen LogP contribution in [0.1, 0.15) is 15.9 Å². The zero-order chi connectivity index (χ0) is 13.8. The van der Waals surface area contributed by atoms with Crippen molar-refractivity contribution in [2.45, 2.75) is 10.6 Å². The van der Waals surface area contributed by atoms with Gasteiger partial charge in [0, 0.05) is 27.5 Å². The molecule has 0 saturated heterocycles. The number of rotatable bonds is 4.